The standard InChI is InChI=1S/C43H34N4OS/c1-26-9-13-30(14-10-26)42-35-19-17-33(44-35)32(25-49-28(3)48)34-18-20-36(45-34)43(31-15-11-27(2)12-16-31)40-24-22-38(47-40)41(29-7-5-4-6-8-29)37-21-23-39(42)46-37/h4-24,46-47H,25H2,1-3H3. The lowest BCUT2D eigenvalue weighted by atomic mass is 10.0. The van der Waals surface area contributed by atoms with Crippen LogP contribution in [0, 0.1) is 13.8 Å². The summed E-state index contributed by atoms with van der Waals surface area (Å²) in [6.07, 6.45) is 8.26. The minimum atomic E-state index is 0.0558. The predicted octanol–water partition coefficient (Wildman–Crippen LogP) is 11.1. The summed E-state index contributed by atoms with van der Waals surface area (Å²) in [6, 6.07) is 36.3. The van der Waals surface area contributed by atoms with Gasteiger partial charge in [0.1, 0.15) is 0 Å². The second-order valence-electron chi connectivity index (χ2n) is 12.5. The zero-order valence-corrected chi connectivity index (χ0v) is 28.4. The van der Waals surface area contributed by atoms with Crippen LogP contribution in [0.15, 0.2) is 103 Å². The van der Waals surface area contributed by atoms with Crippen LogP contribution < -0.4 is 0 Å². The first-order chi connectivity index (χ1) is 23.9. The van der Waals surface area contributed by atoms with Gasteiger partial charge in [-0.05, 0) is 79.1 Å². The Morgan fingerprint density at radius 2 is 0.939 bits per heavy atom. The highest BCUT2D eigenvalue weighted by Gasteiger charge is 2.19. The molecule has 5 nitrogen and oxygen atoms in total. The fourth-order valence-electron chi connectivity index (χ4n) is 6.55. The van der Waals surface area contributed by atoms with Crippen molar-refractivity contribution in [1.29, 1.82) is 0 Å². The summed E-state index contributed by atoms with van der Waals surface area (Å²) in [5.74, 6) is 0.469. The number of rotatable bonds is 5. The van der Waals surface area contributed by atoms with E-state index in [2.05, 4.69) is 145 Å². The van der Waals surface area contributed by atoms with E-state index in [-0.39, 0.29) is 5.12 Å². The molecule has 0 spiro atoms. The number of fused-ring (bicyclic) bond motifs is 8. The lowest BCUT2D eigenvalue weighted by molar-refractivity contribution is -0.109. The van der Waals surface area contributed by atoms with Gasteiger partial charge in [0.15, 0.2) is 5.12 Å². The Morgan fingerprint density at radius 1 is 0.531 bits per heavy atom. The van der Waals surface area contributed by atoms with E-state index in [1.54, 1.807) is 6.92 Å². The van der Waals surface area contributed by atoms with Crippen LogP contribution in [0.2, 0.25) is 0 Å². The molecule has 8 rings (SSSR count). The maximum atomic E-state index is 12.2. The molecule has 0 fully saturated rings. The van der Waals surface area contributed by atoms with Crippen LogP contribution >= 0.6 is 11.8 Å². The quantitative estimate of drug-likeness (QED) is 0.194. The Bertz CT molecular complexity index is 2320. The van der Waals surface area contributed by atoms with Gasteiger partial charge in [0.25, 0.3) is 0 Å². The van der Waals surface area contributed by atoms with E-state index < -0.39 is 0 Å². The van der Waals surface area contributed by atoms with Crippen molar-refractivity contribution < 1.29 is 4.79 Å². The highest BCUT2D eigenvalue weighted by Crippen LogP contribution is 2.37. The summed E-state index contributed by atoms with van der Waals surface area (Å²) >= 11 is 1.28. The molecule has 6 aromatic rings. The minimum absolute atomic E-state index is 0.0558. The van der Waals surface area contributed by atoms with E-state index >= 15 is 0 Å². The first-order valence-electron chi connectivity index (χ1n) is 16.4. The molecule has 3 aromatic carbocycles. The van der Waals surface area contributed by atoms with Gasteiger partial charge >= 0.3 is 0 Å². The van der Waals surface area contributed by atoms with Crippen molar-refractivity contribution in [2.75, 3.05) is 0 Å². The summed E-state index contributed by atoms with van der Waals surface area (Å²) in [5, 5.41) is 0.0558. The molecule has 2 aliphatic rings. The summed E-state index contributed by atoms with van der Waals surface area (Å²) in [4.78, 5) is 30.3. The van der Waals surface area contributed by atoms with Crippen LogP contribution in [-0.4, -0.2) is 25.1 Å². The second kappa shape index (κ2) is 12.7. The van der Waals surface area contributed by atoms with Crippen molar-refractivity contribution in [3.05, 3.63) is 143 Å². The summed E-state index contributed by atoms with van der Waals surface area (Å²) in [6.45, 7) is 5.80. The number of hydrogen-bond acceptors (Lipinski definition) is 4. The Morgan fingerprint density at radius 3 is 1.39 bits per heavy atom. The van der Waals surface area contributed by atoms with Gasteiger partial charge in [-0.1, -0.05) is 102 Å². The molecule has 49 heavy (non-hydrogen) atoms. The van der Waals surface area contributed by atoms with E-state index in [4.69, 9.17) is 9.97 Å². The van der Waals surface area contributed by atoms with Crippen LogP contribution in [0.1, 0.15) is 46.4 Å². The number of aromatic nitrogens is 4. The van der Waals surface area contributed by atoms with Gasteiger partial charge < -0.3 is 9.97 Å². The molecule has 0 atom stereocenters. The first kappa shape index (κ1) is 30.6. The van der Waals surface area contributed by atoms with Crippen molar-refractivity contribution in [1.82, 2.24) is 19.9 Å². The van der Waals surface area contributed by atoms with Crippen molar-refractivity contribution >= 4 is 63.2 Å². The van der Waals surface area contributed by atoms with Crippen molar-refractivity contribution in [2.24, 2.45) is 0 Å². The molecule has 2 N–H and O–H groups in total. The Balaban J connectivity index is 1.54. The minimum Gasteiger partial charge on any atom is -0.354 e. The fraction of sp³-hybridized carbons (Fsp3) is 0.0930. The third kappa shape index (κ3) is 5.96. The number of hydrogen-bond donors (Lipinski definition) is 2. The molecule has 0 saturated carbocycles. The van der Waals surface area contributed by atoms with Gasteiger partial charge in [0.2, 0.25) is 0 Å². The number of nitrogens with one attached hydrogen (secondary N) is 2. The number of thioether (sulfide) groups is 1. The zero-order valence-electron chi connectivity index (χ0n) is 27.5. The zero-order chi connectivity index (χ0) is 33.5. The van der Waals surface area contributed by atoms with Gasteiger partial charge in [-0.2, -0.15) is 0 Å². The number of carbonyl (C=O) groups is 1. The lowest BCUT2D eigenvalue weighted by Gasteiger charge is -2.07. The van der Waals surface area contributed by atoms with Gasteiger partial charge in [-0.3, -0.25) is 4.79 Å². The smallest absolute Gasteiger partial charge is 0.186 e. The molecule has 2 aliphatic heterocycles. The molecule has 0 unspecified atom stereocenters. The molecule has 0 aliphatic carbocycles. The van der Waals surface area contributed by atoms with Crippen molar-refractivity contribution in [3.8, 4) is 33.4 Å². The average molecular weight is 655 g/mol. The largest absolute Gasteiger partial charge is 0.354 e. The Labute approximate surface area is 289 Å². The van der Waals surface area contributed by atoms with Crippen molar-refractivity contribution in [3.63, 3.8) is 0 Å². The number of aryl methyl sites for hydroxylation is 2. The summed E-state index contributed by atoms with van der Waals surface area (Å²) in [7, 11) is 0. The number of carbonyl (C=O) groups excluding carboxylic acids is 1. The molecule has 3 aromatic heterocycles. The topological polar surface area (TPSA) is 74.4 Å². The van der Waals surface area contributed by atoms with Crippen LogP contribution in [0.4, 0.5) is 0 Å². The predicted molar refractivity (Wildman–Crippen MR) is 207 cm³/mol. The lowest BCUT2D eigenvalue weighted by Crippen LogP contribution is -1.95. The highest BCUT2D eigenvalue weighted by molar-refractivity contribution is 8.12. The van der Waals surface area contributed by atoms with E-state index in [0.29, 0.717) is 5.75 Å². The van der Waals surface area contributed by atoms with Crippen LogP contribution in [0.25, 0.3) is 79.8 Å². The van der Waals surface area contributed by atoms with E-state index in [1.165, 1.54) is 22.9 Å². The molecule has 5 heterocycles. The van der Waals surface area contributed by atoms with Gasteiger partial charge in [-0.15, -0.1) is 0 Å². The van der Waals surface area contributed by atoms with Crippen LogP contribution in [0.5, 0.6) is 0 Å². The first-order valence-corrected chi connectivity index (χ1v) is 17.4. The van der Waals surface area contributed by atoms with Crippen LogP contribution in [-0.2, 0) is 10.5 Å². The number of benzene rings is 3. The van der Waals surface area contributed by atoms with E-state index in [9.17, 15) is 4.79 Å². The Hall–Kier alpha value is -5.72. The molecular weight excluding hydrogens is 621 g/mol. The van der Waals surface area contributed by atoms with E-state index in [0.717, 1.165) is 83.8 Å². The van der Waals surface area contributed by atoms with Gasteiger partial charge in [0.05, 0.1) is 22.8 Å². The molecule has 0 saturated heterocycles. The number of H-pyrrole nitrogens is 2. The average Bonchev–Trinajstić information content (AvgIpc) is 3.94. The second-order valence-corrected chi connectivity index (χ2v) is 13.6. The molecule has 6 heteroatoms. The van der Waals surface area contributed by atoms with Gasteiger partial charge in [0, 0.05) is 57.0 Å². The number of aromatic amines is 2. The monoisotopic (exact) mass is 654 g/mol. The highest BCUT2D eigenvalue weighted by atomic mass is 32.2. The molecular formula is C43H34N4OS. The van der Waals surface area contributed by atoms with Gasteiger partial charge in [-0.25, -0.2) is 9.97 Å². The normalized spacial score (nSPS) is 12.1. The van der Waals surface area contributed by atoms with Crippen LogP contribution in [0.3, 0.4) is 0 Å². The molecule has 0 amide bonds. The SMILES string of the molecule is CC(=O)SCc1c2nc(c(-c3ccc(C)cc3)c3ccc([nH]3)c(-c3ccccc3)c3ccc([nH]3)c(-c3ccc(C)cc3)c3nc1C=C3)C=C2. The Kier molecular flexibility index (Phi) is 7.94. The molecule has 238 valence electrons. The fourth-order valence-corrected chi connectivity index (χ4v) is 7.19. The molecule has 8 bridgehead atoms. The third-order valence-corrected chi connectivity index (χ3v) is 9.86. The third-order valence-electron chi connectivity index (χ3n) is 9.02. The number of nitrogens with zero attached hydrogens (tertiary/aromatic N) is 2. The maximum Gasteiger partial charge on any atom is 0.186 e. The summed E-state index contributed by atoms with van der Waals surface area (Å²) in [5.41, 5.74) is 16.9. The molecule has 0 radical (unpaired) electrons. The van der Waals surface area contributed by atoms with E-state index in [1.807, 2.05) is 6.07 Å². The summed E-state index contributed by atoms with van der Waals surface area (Å²) < 4.78 is 0. The maximum absolute atomic E-state index is 12.2. The van der Waals surface area contributed by atoms with Crippen molar-refractivity contribution in [2.45, 2.75) is 26.5 Å².